The van der Waals surface area contributed by atoms with E-state index in [9.17, 15) is 9.90 Å². The highest BCUT2D eigenvalue weighted by atomic mass is 16.4. The van der Waals surface area contributed by atoms with Crippen LogP contribution in [0.3, 0.4) is 0 Å². The van der Waals surface area contributed by atoms with Crippen LogP contribution in [0.1, 0.15) is 12.0 Å². The minimum absolute atomic E-state index is 0.00682. The van der Waals surface area contributed by atoms with Crippen molar-refractivity contribution in [3.8, 4) is 0 Å². The average molecular weight is 310 g/mol. The topological polar surface area (TPSA) is 43.8 Å². The van der Waals surface area contributed by atoms with E-state index >= 15 is 0 Å². The van der Waals surface area contributed by atoms with Crippen LogP contribution in [-0.4, -0.2) is 41.7 Å². The van der Waals surface area contributed by atoms with Gasteiger partial charge in [0.25, 0.3) is 0 Å². The van der Waals surface area contributed by atoms with E-state index in [0.717, 1.165) is 31.9 Å². The fourth-order valence-corrected chi connectivity index (χ4v) is 3.24. The molecular weight excluding hydrogens is 288 g/mol. The maximum Gasteiger partial charge on any atom is 0.305 e. The number of aliphatic carboxylic acids is 1. The predicted octanol–water partition coefficient (Wildman–Crippen LogP) is 2.85. The summed E-state index contributed by atoms with van der Waals surface area (Å²) in [4.78, 5) is 15.8. The molecule has 3 rings (SSSR count). The maximum atomic E-state index is 11.3. The van der Waals surface area contributed by atoms with E-state index in [1.807, 2.05) is 36.4 Å². The first kappa shape index (κ1) is 15.6. The minimum atomic E-state index is -0.738. The van der Waals surface area contributed by atoms with Crippen LogP contribution in [0.2, 0.25) is 0 Å². The summed E-state index contributed by atoms with van der Waals surface area (Å²) in [5.41, 5.74) is 2.38. The molecule has 1 aliphatic heterocycles. The summed E-state index contributed by atoms with van der Waals surface area (Å²) >= 11 is 0. The van der Waals surface area contributed by atoms with Gasteiger partial charge >= 0.3 is 5.97 Å². The molecule has 0 aromatic heterocycles. The van der Waals surface area contributed by atoms with Crippen LogP contribution in [0.5, 0.6) is 0 Å². The summed E-state index contributed by atoms with van der Waals surface area (Å²) < 4.78 is 0. The van der Waals surface area contributed by atoms with E-state index in [1.165, 1.54) is 5.56 Å². The molecule has 0 saturated carbocycles. The minimum Gasteiger partial charge on any atom is -0.481 e. The second kappa shape index (κ2) is 7.29. The molecule has 120 valence electrons. The number of hydrogen-bond acceptors (Lipinski definition) is 3. The third-order valence-electron chi connectivity index (χ3n) is 4.31. The van der Waals surface area contributed by atoms with Crippen LogP contribution in [-0.2, 0) is 11.3 Å². The Balaban J connectivity index is 1.72. The van der Waals surface area contributed by atoms with Crippen molar-refractivity contribution in [2.24, 2.45) is 0 Å². The number of carboxylic acid groups (broad SMARTS) is 1. The molecule has 2 aromatic rings. The highest BCUT2D eigenvalue weighted by molar-refractivity contribution is 5.68. The number of piperazine rings is 1. The molecule has 1 aliphatic rings. The quantitative estimate of drug-likeness (QED) is 0.922. The van der Waals surface area contributed by atoms with Gasteiger partial charge in [0.05, 0.1) is 12.5 Å². The molecule has 23 heavy (non-hydrogen) atoms. The Kier molecular flexibility index (Phi) is 4.93. The van der Waals surface area contributed by atoms with Crippen LogP contribution in [0, 0.1) is 0 Å². The Morgan fingerprint density at radius 3 is 2.30 bits per heavy atom. The summed E-state index contributed by atoms with van der Waals surface area (Å²) in [6.07, 6.45) is 0.167. The molecule has 1 fully saturated rings. The van der Waals surface area contributed by atoms with Crippen LogP contribution in [0.15, 0.2) is 60.7 Å². The monoisotopic (exact) mass is 310 g/mol. The number of benzene rings is 2. The number of rotatable bonds is 5. The zero-order valence-electron chi connectivity index (χ0n) is 13.1. The van der Waals surface area contributed by atoms with Crippen molar-refractivity contribution >= 4 is 11.7 Å². The molecule has 0 spiro atoms. The van der Waals surface area contributed by atoms with E-state index in [4.69, 9.17) is 0 Å². The Labute approximate surface area is 137 Å². The molecule has 4 nitrogen and oxygen atoms in total. The van der Waals surface area contributed by atoms with Crippen molar-refractivity contribution in [2.45, 2.75) is 19.0 Å². The molecule has 1 saturated heterocycles. The largest absolute Gasteiger partial charge is 0.481 e. The first-order valence-electron chi connectivity index (χ1n) is 8.02. The van der Waals surface area contributed by atoms with Gasteiger partial charge in [-0.05, 0) is 17.7 Å². The molecular formula is C19H22N2O2. The molecule has 1 N–H and O–H groups in total. The highest BCUT2D eigenvalue weighted by Crippen LogP contribution is 2.23. The Hall–Kier alpha value is -2.33. The number of para-hydroxylation sites is 1. The van der Waals surface area contributed by atoms with Gasteiger partial charge in [0.15, 0.2) is 0 Å². The van der Waals surface area contributed by atoms with Crippen LogP contribution in [0.4, 0.5) is 5.69 Å². The van der Waals surface area contributed by atoms with Gasteiger partial charge in [-0.15, -0.1) is 0 Å². The lowest BCUT2D eigenvalue weighted by atomic mass is 10.1. The number of carbonyl (C=O) groups is 1. The molecule has 4 heteroatoms. The van der Waals surface area contributed by atoms with Gasteiger partial charge in [0.2, 0.25) is 0 Å². The van der Waals surface area contributed by atoms with Gasteiger partial charge in [0.1, 0.15) is 0 Å². The Bertz CT molecular complexity index is 630. The maximum absolute atomic E-state index is 11.3. The second-order valence-corrected chi connectivity index (χ2v) is 6.00. The van der Waals surface area contributed by atoms with Gasteiger partial charge in [-0.25, -0.2) is 0 Å². The van der Waals surface area contributed by atoms with Gasteiger partial charge in [-0.2, -0.15) is 0 Å². The lowest BCUT2D eigenvalue weighted by Crippen LogP contribution is -2.53. The standard InChI is InChI=1S/C19H22N2O2/c22-19(23)13-18-15-20(14-16-7-3-1-4-8-16)11-12-21(18)17-9-5-2-6-10-17/h1-10,18H,11-15H2,(H,22,23). The molecule has 0 aliphatic carbocycles. The highest BCUT2D eigenvalue weighted by Gasteiger charge is 2.28. The fraction of sp³-hybridized carbons (Fsp3) is 0.316. The lowest BCUT2D eigenvalue weighted by molar-refractivity contribution is -0.137. The molecule has 1 atom stereocenters. The third kappa shape index (κ3) is 4.11. The summed E-state index contributed by atoms with van der Waals surface area (Å²) in [5.74, 6) is -0.738. The summed E-state index contributed by atoms with van der Waals surface area (Å²) in [6, 6.07) is 20.5. The van der Waals surface area contributed by atoms with Crippen LogP contribution in [0.25, 0.3) is 0 Å². The Morgan fingerprint density at radius 2 is 1.65 bits per heavy atom. The van der Waals surface area contributed by atoms with Crippen LogP contribution >= 0.6 is 0 Å². The van der Waals surface area contributed by atoms with Gasteiger partial charge in [0, 0.05) is 31.9 Å². The zero-order chi connectivity index (χ0) is 16.1. The van der Waals surface area contributed by atoms with E-state index in [0.29, 0.717) is 0 Å². The summed E-state index contributed by atoms with van der Waals surface area (Å²) in [6.45, 7) is 3.45. The van der Waals surface area contributed by atoms with E-state index < -0.39 is 5.97 Å². The van der Waals surface area contributed by atoms with Gasteiger partial charge < -0.3 is 10.0 Å². The molecule has 0 amide bonds. The SMILES string of the molecule is O=C(O)CC1CN(Cc2ccccc2)CCN1c1ccccc1. The second-order valence-electron chi connectivity index (χ2n) is 6.00. The van der Waals surface area contributed by atoms with Crippen molar-refractivity contribution in [3.05, 3.63) is 66.2 Å². The molecule has 1 unspecified atom stereocenters. The van der Waals surface area contributed by atoms with Crippen molar-refractivity contribution in [3.63, 3.8) is 0 Å². The smallest absolute Gasteiger partial charge is 0.305 e. The number of anilines is 1. The summed E-state index contributed by atoms with van der Waals surface area (Å²) in [7, 11) is 0. The average Bonchev–Trinajstić information content (AvgIpc) is 2.56. The molecule has 0 radical (unpaired) electrons. The summed E-state index contributed by atoms with van der Waals surface area (Å²) in [5, 5.41) is 9.26. The van der Waals surface area contributed by atoms with E-state index in [1.54, 1.807) is 0 Å². The first-order chi connectivity index (χ1) is 11.2. The van der Waals surface area contributed by atoms with Crippen molar-refractivity contribution in [1.29, 1.82) is 0 Å². The molecule has 0 bridgehead atoms. The van der Waals surface area contributed by atoms with Gasteiger partial charge in [-0.1, -0.05) is 48.5 Å². The van der Waals surface area contributed by atoms with Gasteiger partial charge in [-0.3, -0.25) is 9.69 Å². The van der Waals surface area contributed by atoms with Crippen molar-refractivity contribution < 1.29 is 9.90 Å². The number of carboxylic acids is 1. The van der Waals surface area contributed by atoms with E-state index in [-0.39, 0.29) is 12.5 Å². The number of nitrogens with zero attached hydrogens (tertiary/aromatic N) is 2. The van der Waals surface area contributed by atoms with Crippen LogP contribution < -0.4 is 4.90 Å². The molecule has 1 heterocycles. The normalized spacial score (nSPS) is 18.8. The van der Waals surface area contributed by atoms with Crippen molar-refractivity contribution in [1.82, 2.24) is 4.90 Å². The fourth-order valence-electron chi connectivity index (χ4n) is 3.24. The first-order valence-corrected chi connectivity index (χ1v) is 8.02. The lowest BCUT2D eigenvalue weighted by Gasteiger charge is -2.42. The van der Waals surface area contributed by atoms with Crippen molar-refractivity contribution in [2.75, 3.05) is 24.5 Å². The zero-order valence-corrected chi connectivity index (χ0v) is 13.1. The molecule has 2 aromatic carbocycles. The predicted molar refractivity (Wildman–Crippen MR) is 91.5 cm³/mol. The Morgan fingerprint density at radius 1 is 1.00 bits per heavy atom. The third-order valence-corrected chi connectivity index (χ3v) is 4.31. The van der Waals surface area contributed by atoms with E-state index in [2.05, 4.69) is 34.1 Å². The number of hydrogen-bond donors (Lipinski definition) is 1.